The van der Waals surface area contributed by atoms with Crippen molar-refractivity contribution in [2.24, 2.45) is 5.92 Å². The van der Waals surface area contributed by atoms with E-state index in [1.54, 1.807) is 6.20 Å². The Labute approximate surface area is 167 Å². The first-order valence-corrected chi connectivity index (χ1v) is 10.3. The van der Waals surface area contributed by atoms with Crippen molar-refractivity contribution in [1.29, 1.82) is 0 Å². The number of amides is 1. The highest BCUT2D eigenvalue weighted by Gasteiger charge is 2.36. The molecule has 140 valence electrons. The van der Waals surface area contributed by atoms with Crippen molar-refractivity contribution in [3.8, 4) is 0 Å². The summed E-state index contributed by atoms with van der Waals surface area (Å²) in [5.74, 6) is 3.18. The summed E-state index contributed by atoms with van der Waals surface area (Å²) < 4.78 is 5.85. The SMILES string of the molecule is C[C@@H]1C[C@H]1c1ccc(CCC(=O)Nc2ncc(Cc3cccc(Cl)c3)s2)o1. The molecule has 0 saturated heterocycles. The highest BCUT2D eigenvalue weighted by Crippen LogP contribution is 2.47. The van der Waals surface area contributed by atoms with E-state index in [4.69, 9.17) is 16.0 Å². The predicted molar refractivity (Wildman–Crippen MR) is 109 cm³/mol. The normalized spacial score (nSPS) is 18.4. The van der Waals surface area contributed by atoms with Gasteiger partial charge in [0.05, 0.1) is 0 Å². The zero-order valence-corrected chi connectivity index (χ0v) is 16.6. The molecule has 2 heterocycles. The third kappa shape index (κ3) is 4.79. The molecule has 0 radical (unpaired) electrons. The monoisotopic (exact) mass is 400 g/mol. The molecule has 4 rings (SSSR count). The van der Waals surface area contributed by atoms with Crippen LogP contribution in [0.3, 0.4) is 0 Å². The van der Waals surface area contributed by atoms with Crippen LogP contribution in [0.15, 0.2) is 47.0 Å². The van der Waals surface area contributed by atoms with Crippen LogP contribution in [0.4, 0.5) is 5.13 Å². The zero-order chi connectivity index (χ0) is 18.8. The lowest BCUT2D eigenvalue weighted by molar-refractivity contribution is -0.116. The molecular formula is C21H21ClN2O2S. The molecule has 0 bridgehead atoms. The molecule has 6 heteroatoms. The maximum atomic E-state index is 12.2. The Hall–Kier alpha value is -2.11. The Balaban J connectivity index is 1.27. The van der Waals surface area contributed by atoms with Crippen molar-refractivity contribution in [3.05, 3.63) is 69.6 Å². The molecule has 4 nitrogen and oxygen atoms in total. The molecule has 1 saturated carbocycles. The molecule has 1 N–H and O–H groups in total. The van der Waals surface area contributed by atoms with Crippen LogP contribution < -0.4 is 5.32 Å². The Morgan fingerprint density at radius 1 is 1.37 bits per heavy atom. The van der Waals surface area contributed by atoms with E-state index in [-0.39, 0.29) is 5.91 Å². The molecule has 0 aliphatic heterocycles. The Morgan fingerprint density at radius 3 is 3.00 bits per heavy atom. The van der Waals surface area contributed by atoms with Crippen molar-refractivity contribution < 1.29 is 9.21 Å². The Kier molecular flexibility index (Phi) is 5.32. The Morgan fingerprint density at radius 2 is 2.22 bits per heavy atom. The topological polar surface area (TPSA) is 55.1 Å². The number of carbonyl (C=O) groups is 1. The number of nitrogens with one attached hydrogen (secondary N) is 1. The molecule has 1 fully saturated rings. The number of aryl methyl sites for hydroxylation is 1. The van der Waals surface area contributed by atoms with Gasteiger partial charge in [0.1, 0.15) is 11.5 Å². The molecule has 1 aliphatic carbocycles. The minimum Gasteiger partial charge on any atom is -0.466 e. The van der Waals surface area contributed by atoms with E-state index in [1.807, 2.05) is 36.4 Å². The lowest BCUT2D eigenvalue weighted by Crippen LogP contribution is -2.11. The first-order valence-electron chi connectivity index (χ1n) is 9.14. The standard InChI is InChI=1S/C21H21ClN2O2S/c1-13-9-18(13)19-7-5-16(26-19)6-8-20(25)24-21-23-12-17(27-21)11-14-3-2-4-15(22)10-14/h2-5,7,10,12-13,18H,6,8-9,11H2,1H3,(H,23,24,25)/t13-,18-/m1/s1. The van der Waals surface area contributed by atoms with E-state index in [9.17, 15) is 4.79 Å². The van der Waals surface area contributed by atoms with Gasteiger partial charge in [0.25, 0.3) is 0 Å². The smallest absolute Gasteiger partial charge is 0.226 e. The lowest BCUT2D eigenvalue weighted by Gasteiger charge is -2.01. The van der Waals surface area contributed by atoms with Gasteiger partial charge in [-0.15, -0.1) is 11.3 Å². The van der Waals surface area contributed by atoms with Gasteiger partial charge in [-0.1, -0.05) is 30.7 Å². The van der Waals surface area contributed by atoms with Gasteiger partial charge in [0.15, 0.2) is 5.13 Å². The van der Waals surface area contributed by atoms with E-state index in [2.05, 4.69) is 17.2 Å². The number of hydrogen-bond donors (Lipinski definition) is 1. The van der Waals surface area contributed by atoms with Gasteiger partial charge in [0.2, 0.25) is 5.91 Å². The fourth-order valence-corrected chi connectivity index (χ4v) is 4.24. The van der Waals surface area contributed by atoms with Crippen LogP contribution >= 0.6 is 22.9 Å². The fraction of sp³-hybridized carbons (Fsp3) is 0.333. The van der Waals surface area contributed by atoms with E-state index in [1.165, 1.54) is 17.8 Å². The van der Waals surface area contributed by atoms with Crippen LogP contribution in [0.25, 0.3) is 0 Å². The highest BCUT2D eigenvalue weighted by molar-refractivity contribution is 7.15. The first-order chi connectivity index (χ1) is 13.1. The first kappa shape index (κ1) is 18.3. The van der Waals surface area contributed by atoms with Crippen LogP contribution in [-0.2, 0) is 17.6 Å². The molecular weight excluding hydrogens is 380 g/mol. The number of hydrogen-bond acceptors (Lipinski definition) is 4. The maximum absolute atomic E-state index is 12.2. The van der Waals surface area contributed by atoms with Gasteiger partial charge < -0.3 is 9.73 Å². The molecule has 3 aromatic rings. The van der Waals surface area contributed by atoms with Crippen molar-refractivity contribution >= 4 is 34.0 Å². The predicted octanol–water partition coefficient (Wildman–Crippen LogP) is 5.68. The molecule has 1 amide bonds. The molecule has 0 spiro atoms. The largest absolute Gasteiger partial charge is 0.466 e. The minimum atomic E-state index is -0.0450. The second-order valence-electron chi connectivity index (χ2n) is 7.11. The molecule has 1 aliphatic rings. The number of halogens is 1. The Bertz CT molecular complexity index is 949. The summed E-state index contributed by atoms with van der Waals surface area (Å²) in [4.78, 5) is 17.6. The summed E-state index contributed by atoms with van der Waals surface area (Å²) >= 11 is 7.51. The molecule has 27 heavy (non-hydrogen) atoms. The number of nitrogens with zero attached hydrogens (tertiary/aromatic N) is 1. The third-order valence-corrected chi connectivity index (χ3v) is 5.97. The van der Waals surface area contributed by atoms with Gasteiger partial charge in [-0.25, -0.2) is 4.98 Å². The van der Waals surface area contributed by atoms with E-state index >= 15 is 0 Å². The molecule has 2 aromatic heterocycles. The summed E-state index contributed by atoms with van der Waals surface area (Å²) in [5, 5.41) is 4.23. The van der Waals surface area contributed by atoms with Crippen molar-refractivity contribution in [3.63, 3.8) is 0 Å². The summed E-state index contributed by atoms with van der Waals surface area (Å²) in [6.45, 7) is 2.23. The number of carbonyl (C=O) groups excluding carboxylic acids is 1. The van der Waals surface area contributed by atoms with Crippen LogP contribution in [0, 0.1) is 5.92 Å². The van der Waals surface area contributed by atoms with Crippen molar-refractivity contribution in [2.75, 3.05) is 5.32 Å². The van der Waals surface area contributed by atoms with Crippen molar-refractivity contribution in [2.45, 2.75) is 38.5 Å². The quantitative estimate of drug-likeness (QED) is 0.555. The zero-order valence-electron chi connectivity index (χ0n) is 15.1. The van der Waals surface area contributed by atoms with Gasteiger partial charge in [0, 0.05) is 41.3 Å². The molecule has 1 aromatic carbocycles. The summed E-state index contributed by atoms with van der Waals surface area (Å²) in [6, 6.07) is 11.8. The van der Waals surface area contributed by atoms with E-state index in [0.717, 1.165) is 39.3 Å². The molecule has 0 unspecified atom stereocenters. The van der Waals surface area contributed by atoms with E-state index < -0.39 is 0 Å². The van der Waals surface area contributed by atoms with Crippen LogP contribution in [0.5, 0.6) is 0 Å². The van der Waals surface area contributed by atoms with Crippen LogP contribution in [0.1, 0.15) is 47.6 Å². The van der Waals surface area contributed by atoms with E-state index in [0.29, 0.717) is 23.9 Å². The van der Waals surface area contributed by atoms with Gasteiger partial charge in [-0.3, -0.25) is 4.79 Å². The van der Waals surface area contributed by atoms with Crippen LogP contribution in [0.2, 0.25) is 5.02 Å². The van der Waals surface area contributed by atoms with Gasteiger partial charge >= 0.3 is 0 Å². The fourth-order valence-electron chi connectivity index (χ4n) is 3.16. The number of anilines is 1. The number of furan rings is 1. The summed E-state index contributed by atoms with van der Waals surface area (Å²) in [6.07, 6.45) is 4.75. The van der Waals surface area contributed by atoms with Crippen LogP contribution in [-0.4, -0.2) is 10.9 Å². The highest BCUT2D eigenvalue weighted by atomic mass is 35.5. The number of aromatic nitrogens is 1. The van der Waals surface area contributed by atoms with Gasteiger partial charge in [-0.05, 0) is 42.2 Å². The summed E-state index contributed by atoms with van der Waals surface area (Å²) in [7, 11) is 0. The minimum absolute atomic E-state index is 0.0450. The third-order valence-electron chi connectivity index (χ3n) is 4.82. The van der Waals surface area contributed by atoms with Crippen molar-refractivity contribution in [1.82, 2.24) is 4.98 Å². The number of thiazole rings is 1. The second-order valence-corrected chi connectivity index (χ2v) is 8.66. The second kappa shape index (κ2) is 7.87. The lowest BCUT2D eigenvalue weighted by atomic mass is 10.1. The summed E-state index contributed by atoms with van der Waals surface area (Å²) in [5.41, 5.74) is 1.13. The average molecular weight is 401 g/mol. The van der Waals surface area contributed by atoms with Gasteiger partial charge in [-0.2, -0.15) is 0 Å². The number of benzene rings is 1. The average Bonchev–Trinajstić information content (AvgIpc) is 3.02. The molecule has 2 atom stereocenters. The number of rotatable bonds is 7. The maximum Gasteiger partial charge on any atom is 0.226 e.